The Hall–Kier alpha value is -1.03. The Balaban J connectivity index is 2.49. The van der Waals surface area contributed by atoms with Gasteiger partial charge in [0.25, 0.3) is 5.91 Å². The number of halogens is 1. The van der Waals surface area contributed by atoms with E-state index in [9.17, 15) is 4.79 Å². The van der Waals surface area contributed by atoms with E-state index < -0.39 is 0 Å². The van der Waals surface area contributed by atoms with Crippen LogP contribution in [0.15, 0.2) is 12.3 Å². The zero-order chi connectivity index (χ0) is 9.84. The van der Waals surface area contributed by atoms with Gasteiger partial charge in [-0.1, -0.05) is 0 Å². The van der Waals surface area contributed by atoms with Crippen molar-refractivity contribution in [1.29, 1.82) is 0 Å². The summed E-state index contributed by atoms with van der Waals surface area (Å²) in [5.74, 6) is -0.187. The first-order chi connectivity index (χ1) is 6.09. The highest BCUT2D eigenvalue weighted by Crippen LogP contribution is 1.95. The van der Waals surface area contributed by atoms with Gasteiger partial charge in [0.05, 0.1) is 0 Å². The van der Waals surface area contributed by atoms with Gasteiger partial charge in [-0.25, -0.2) is 0 Å². The molecule has 0 saturated carbocycles. The summed E-state index contributed by atoms with van der Waals surface area (Å²) in [4.78, 5) is 11.3. The van der Waals surface area contributed by atoms with Crippen LogP contribution in [-0.4, -0.2) is 27.6 Å². The Kier molecular flexibility index (Phi) is 3.31. The maximum Gasteiger partial charge on any atom is 0.271 e. The molecule has 1 amide bonds. The zero-order valence-corrected chi connectivity index (χ0v) is 8.38. The number of amides is 1. The third kappa shape index (κ3) is 3.06. The molecule has 0 aliphatic heterocycles. The van der Waals surface area contributed by atoms with Gasteiger partial charge in [0.1, 0.15) is 5.69 Å². The molecule has 1 rings (SSSR count). The summed E-state index contributed by atoms with van der Waals surface area (Å²) in [5.41, 5.74) is 0.416. The molecule has 0 aliphatic rings. The van der Waals surface area contributed by atoms with Gasteiger partial charge in [-0.05, 0) is 13.0 Å². The summed E-state index contributed by atoms with van der Waals surface area (Å²) in [6, 6.07) is 1.66. The van der Waals surface area contributed by atoms with Gasteiger partial charge in [-0.2, -0.15) is 5.10 Å². The number of nitrogens with zero attached hydrogens (tertiary/aromatic N) is 2. The molecule has 1 aromatic rings. The second-order valence-electron chi connectivity index (χ2n) is 2.87. The van der Waals surface area contributed by atoms with Crippen molar-refractivity contribution in [2.45, 2.75) is 12.3 Å². The number of carbonyl (C=O) groups excluding carboxylic acids is 1. The van der Waals surface area contributed by atoms with Crippen LogP contribution in [0.3, 0.4) is 0 Å². The highest BCUT2D eigenvalue weighted by Gasteiger charge is 2.08. The third-order valence-corrected chi connectivity index (χ3v) is 1.64. The molecule has 0 aliphatic carbocycles. The summed E-state index contributed by atoms with van der Waals surface area (Å²) >= 11 is 5.67. The fourth-order valence-electron chi connectivity index (χ4n) is 0.860. The molecule has 4 nitrogen and oxygen atoms in total. The molecule has 0 radical (unpaired) electrons. The first kappa shape index (κ1) is 10.1. The number of rotatable bonds is 3. The van der Waals surface area contributed by atoms with E-state index in [0.29, 0.717) is 12.2 Å². The number of nitrogens with one attached hydrogen (secondary N) is 1. The standard InChI is InChI=1S/C8H12ClN3O/c1-6(9)5-10-8(13)7-3-4-12(2)11-7/h3-4,6H,5H2,1-2H3,(H,10,13). The molecule has 5 heteroatoms. The Morgan fingerprint density at radius 3 is 3.00 bits per heavy atom. The average Bonchev–Trinajstić information content (AvgIpc) is 2.47. The quantitative estimate of drug-likeness (QED) is 0.735. The molecule has 0 fully saturated rings. The smallest absolute Gasteiger partial charge is 0.271 e. The maximum absolute atomic E-state index is 11.3. The largest absolute Gasteiger partial charge is 0.349 e. The number of carbonyl (C=O) groups is 1. The highest BCUT2D eigenvalue weighted by atomic mass is 35.5. The molecule has 72 valence electrons. The van der Waals surface area contributed by atoms with Crippen molar-refractivity contribution in [2.24, 2.45) is 7.05 Å². The number of aromatic nitrogens is 2. The fourth-order valence-corrected chi connectivity index (χ4v) is 0.937. The molecule has 0 aromatic carbocycles. The number of alkyl halides is 1. The van der Waals surface area contributed by atoms with Crippen LogP contribution in [0.25, 0.3) is 0 Å². The Labute approximate surface area is 81.9 Å². The minimum absolute atomic E-state index is 0.0623. The summed E-state index contributed by atoms with van der Waals surface area (Å²) < 4.78 is 1.58. The predicted octanol–water partition coefficient (Wildman–Crippen LogP) is 0.777. The Morgan fingerprint density at radius 1 is 1.85 bits per heavy atom. The van der Waals surface area contributed by atoms with Gasteiger partial charge < -0.3 is 5.32 Å². The van der Waals surface area contributed by atoms with Crippen LogP contribution in [0, 0.1) is 0 Å². The van der Waals surface area contributed by atoms with Gasteiger partial charge in [-0.3, -0.25) is 9.48 Å². The monoisotopic (exact) mass is 201 g/mol. The molecule has 1 N–H and O–H groups in total. The second-order valence-corrected chi connectivity index (χ2v) is 3.61. The lowest BCUT2D eigenvalue weighted by atomic mass is 10.4. The Bertz CT molecular complexity index is 295. The lowest BCUT2D eigenvalue weighted by Crippen LogP contribution is -2.28. The van der Waals surface area contributed by atoms with Gasteiger partial charge in [0.15, 0.2) is 0 Å². The van der Waals surface area contributed by atoms with Crippen molar-refractivity contribution in [3.05, 3.63) is 18.0 Å². The van der Waals surface area contributed by atoms with E-state index in [2.05, 4.69) is 10.4 Å². The normalized spacial score (nSPS) is 12.5. The molecular formula is C8H12ClN3O. The molecular weight excluding hydrogens is 190 g/mol. The van der Waals surface area contributed by atoms with Crippen molar-refractivity contribution in [2.75, 3.05) is 6.54 Å². The number of hydrogen-bond donors (Lipinski definition) is 1. The van der Waals surface area contributed by atoms with Crippen molar-refractivity contribution in [1.82, 2.24) is 15.1 Å². The van der Waals surface area contributed by atoms with Gasteiger partial charge in [0.2, 0.25) is 0 Å². The Morgan fingerprint density at radius 2 is 2.54 bits per heavy atom. The zero-order valence-electron chi connectivity index (χ0n) is 7.62. The maximum atomic E-state index is 11.3. The van der Waals surface area contributed by atoms with Gasteiger partial charge >= 0.3 is 0 Å². The molecule has 1 unspecified atom stereocenters. The fraction of sp³-hybridized carbons (Fsp3) is 0.500. The second kappa shape index (κ2) is 4.28. The topological polar surface area (TPSA) is 46.9 Å². The molecule has 1 aromatic heterocycles. The lowest BCUT2D eigenvalue weighted by Gasteiger charge is -2.03. The van der Waals surface area contributed by atoms with Crippen molar-refractivity contribution >= 4 is 17.5 Å². The summed E-state index contributed by atoms with van der Waals surface area (Å²) in [6.07, 6.45) is 1.72. The first-order valence-corrected chi connectivity index (χ1v) is 4.45. The average molecular weight is 202 g/mol. The third-order valence-electron chi connectivity index (χ3n) is 1.49. The van der Waals surface area contributed by atoms with Crippen LogP contribution < -0.4 is 5.32 Å². The number of aryl methyl sites for hydroxylation is 1. The molecule has 0 saturated heterocycles. The lowest BCUT2D eigenvalue weighted by molar-refractivity contribution is 0.0948. The van der Waals surface area contributed by atoms with Crippen LogP contribution in [0.4, 0.5) is 0 Å². The molecule has 0 bridgehead atoms. The van der Waals surface area contributed by atoms with E-state index in [1.165, 1.54) is 0 Å². The van der Waals surface area contributed by atoms with E-state index in [4.69, 9.17) is 11.6 Å². The molecule has 1 atom stereocenters. The van der Waals surface area contributed by atoms with Crippen molar-refractivity contribution < 1.29 is 4.79 Å². The van der Waals surface area contributed by atoms with Gasteiger partial charge in [-0.15, -0.1) is 11.6 Å². The summed E-state index contributed by atoms with van der Waals surface area (Å²) in [6.45, 7) is 2.28. The van der Waals surface area contributed by atoms with E-state index in [0.717, 1.165) is 0 Å². The molecule has 1 heterocycles. The van der Waals surface area contributed by atoms with Crippen LogP contribution in [0.2, 0.25) is 0 Å². The SMILES string of the molecule is CC(Cl)CNC(=O)c1ccn(C)n1. The molecule has 0 spiro atoms. The summed E-state index contributed by atoms with van der Waals surface area (Å²) in [7, 11) is 1.76. The first-order valence-electron chi connectivity index (χ1n) is 4.01. The highest BCUT2D eigenvalue weighted by molar-refractivity contribution is 6.20. The van der Waals surface area contributed by atoms with E-state index in [1.807, 2.05) is 6.92 Å². The van der Waals surface area contributed by atoms with Crippen molar-refractivity contribution in [3.63, 3.8) is 0 Å². The van der Waals surface area contributed by atoms with E-state index in [-0.39, 0.29) is 11.3 Å². The van der Waals surface area contributed by atoms with Crippen LogP contribution >= 0.6 is 11.6 Å². The van der Waals surface area contributed by atoms with Crippen LogP contribution in [-0.2, 0) is 7.05 Å². The minimum atomic E-state index is -0.187. The van der Waals surface area contributed by atoms with E-state index in [1.54, 1.807) is 24.0 Å². The predicted molar refractivity (Wildman–Crippen MR) is 50.9 cm³/mol. The van der Waals surface area contributed by atoms with Gasteiger partial charge in [0, 0.05) is 25.2 Å². The van der Waals surface area contributed by atoms with Crippen LogP contribution in [0.1, 0.15) is 17.4 Å². The molecule has 13 heavy (non-hydrogen) atoms. The minimum Gasteiger partial charge on any atom is -0.349 e. The number of hydrogen-bond acceptors (Lipinski definition) is 2. The van der Waals surface area contributed by atoms with Crippen LogP contribution in [0.5, 0.6) is 0 Å². The summed E-state index contributed by atoms with van der Waals surface area (Å²) in [5, 5.41) is 6.55. The van der Waals surface area contributed by atoms with E-state index >= 15 is 0 Å². The van der Waals surface area contributed by atoms with Crippen molar-refractivity contribution in [3.8, 4) is 0 Å².